The van der Waals surface area contributed by atoms with Crippen LogP contribution in [0.15, 0.2) is 75.6 Å². The number of fused-ring (bicyclic) bond motifs is 1. The molecule has 0 radical (unpaired) electrons. The molecule has 2 aromatic heterocycles. The summed E-state index contributed by atoms with van der Waals surface area (Å²) >= 11 is 1.28. The van der Waals surface area contributed by atoms with Crippen molar-refractivity contribution >= 4 is 33.1 Å². The van der Waals surface area contributed by atoms with E-state index in [1.54, 1.807) is 11.4 Å². The molecule has 4 aromatic rings. The maximum atomic E-state index is 13.1. The van der Waals surface area contributed by atoms with Crippen molar-refractivity contribution in [3.8, 4) is 0 Å². The van der Waals surface area contributed by atoms with E-state index in [0.29, 0.717) is 22.3 Å². The van der Waals surface area contributed by atoms with E-state index in [1.165, 1.54) is 20.5 Å². The minimum atomic E-state index is -0.471. The second-order valence-corrected chi connectivity index (χ2v) is 8.03. The van der Waals surface area contributed by atoms with E-state index in [2.05, 4.69) is 5.32 Å². The summed E-state index contributed by atoms with van der Waals surface area (Å²) in [7, 11) is 0. The molecule has 2 heterocycles. The molecule has 152 valence electrons. The molecule has 0 aliphatic carbocycles. The Kier molecular flexibility index (Phi) is 5.63. The first kappa shape index (κ1) is 19.8. The topological polar surface area (TPSA) is 73.1 Å². The van der Waals surface area contributed by atoms with Gasteiger partial charge in [-0.05, 0) is 42.5 Å². The molecular weight excluding hydrogens is 398 g/mol. The van der Waals surface area contributed by atoms with Crippen LogP contribution in [0.25, 0.3) is 10.2 Å². The van der Waals surface area contributed by atoms with Crippen molar-refractivity contribution in [1.29, 1.82) is 0 Å². The fourth-order valence-electron chi connectivity index (χ4n) is 3.35. The smallest absolute Gasteiger partial charge is 0.325 e. The number of thiophene rings is 1. The second-order valence-electron chi connectivity index (χ2n) is 7.11. The Balaban J connectivity index is 1.64. The first-order valence-corrected chi connectivity index (χ1v) is 10.5. The van der Waals surface area contributed by atoms with Crippen LogP contribution in [0.5, 0.6) is 0 Å². The Morgan fingerprint density at radius 2 is 1.70 bits per heavy atom. The number of carbonyl (C=O) groups is 1. The molecule has 2 aromatic carbocycles. The lowest BCUT2D eigenvalue weighted by Gasteiger charge is -2.12. The number of aryl methyl sites for hydroxylation is 2. The third-order valence-electron chi connectivity index (χ3n) is 4.94. The van der Waals surface area contributed by atoms with E-state index in [-0.39, 0.29) is 24.6 Å². The molecule has 0 unspecified atom stereocenters. The third kappa shape index (κ3) is 4.11. The predicted octanol–water partition coefficient (Wildman–Crippen LogP) is 3.41. The van der Waals surface area contributed by atoms with Crippen molar-refractivity contribution in [3.63, 3.8) is 0 Å². The highest BCUT2D eigenvalue weighted by molar-refractivity contribution is 7.17. The number of amides is 1. The number of anilines is 1. The van der Waals surface area contributed by atoms with Crippen LogP contribution in [0, 0.1) is 6.92 Å². The second kappa shape index (κ2) is 8.51. The van der Waals surface area contributed by atoms with Gasteiger partial charge in [0.05, 0.1) is 5.52 Å². The van der Waals surface area contributed by atoms with Gasteiger partial charge in [0, 0.05) is 12.2 Å². The summed E-state index contributed by atoms with van der Waals surface area (Å²) in [5.41, 5.74) is 2.51. The summed E-state index contributed by atoms with van der Waals surface area (Å²) in [4.78, 5) is 38.6. The molecule has 0 aliphatic rings. The summed E-state index contributed by atoms with van der Waals surface area (Å²) < 4.78 is 3.08. The van der Waals surface area contributed by atoms with Crippen molar-refractivity contribution in [2.24, 2.45) is 0 Å². The molecule has 0 saturated carbocycles. The molecule has 0 fully saturated rings. The molecule has 0 spiro atoms. The van der Waals surface area contributed by atoms with Crippen molar-refractivity contribution in [2.45, 2.75) is 26.4 Å². The molecule has 0 saturated heterocycles. The third-order valence-corrected chi connectivity index (χ3v) is 5.83. The molecular formula is C23H21N3O3S. The van der Waals surface area contributed by atoms with Crippen LogP contribution in [-0.4, -0.2) is 15.0 Å². The number of nitrogens with zero attached hydrogens (tertiary/aromatic N) is 2. The fraction of sp³-hybridized carbons (Fsp3) is 0.174. The molecule has 4 rings (SSSR count). The van der Waals surface area contributed by atoms with Crippen LogP contribution >= 0.6 is 11.3 Å². The highest BCUT2D eigenvalue weighted by Gasteiger charge is 2.16. The van der Waals surface area contributed by atoms with Gasteiger partial charge in [-0.15, -0.1) is 11.3 Å². The molecule has 7 heteroatoms. The van der Waals surface area contributed by atoms with Gasteiger partial charge in [0.15, 0.2) is 0 Å². The Bertz CT molecular complexity index is 1300. The van der Waals surface area contributed by atoms with Gasteiger partial charge >= 0.3 is 5.69 Å². The van der Waals surface area contributed by atoms with E-state index < -0.39 is 5.69 Å². The van der Waals surface area contributed by atoms with Gasteiger partial charge in [-0.25, -0.2) is 4.79 Å². The Morgan fingerprint density at radius 3 is 2.43 bits per heavy atom. The summed E-state index contributed by atoms with van der Waals surface area (Å²) in [6.07, 6.45) is 0.558. The molecule has 30 heavy (non-hydrogen) atoms. The van der Waals surface area contributed by atoms with E-state index in [9.17, 15) is 14.4 Å². The maximum absolute atomic E-state index is 13.1. The summed E-state index contributed by atoms with van der Waals surface area (Å²) in [5.74, 6) is -0.318. The molecule has 0 atom stereocenters. The van der Waals surface area contributed by atoms with Gasteiger partial charge in [-0.1, -0.05) is 48.0 Å². The van der Waals surface area contributed by atoms with E-state index in [4.69, 9.17) is 0 Å². The predicted molar refractivity (Wildman–Crippen MR) is 120 cm³/mol. The fourth-order valence-corrected chi connectivity index (χ4v) is 4.19. The summed E-state index contributed by atoms with van der Waals surface area (Å²) in [5, 5.41) is 4.58. The lowest BCUT2D eigenvalue weighted by molar-refractivity contribution is -0.116. The maximum Gasteiger partial charge on any atom is 0.332 e. The van der Waals surface area contributed by atoms with Gasteiger partial charge in [0.25, 0.3) is 5.56 Å². The van der Waals surface area contributed by atoms with Gasteiger partial charge in [-0.3, -0.25) is 18.7 Å². The normalized spacial score (nSPS) is 11.0. The van der Waals surface area contributed by atoms with Crippen LogP contribution in [0.4, 0.5) is 5.69 Å². The van der Waals surface area contributed by atoms with Crippen LogP contribution < -0.4 is 16.6 Å². The summed E-state index contributed by atoms with van der Waals surface area (Å²) in [6, 6.07) is 18.8. The van der Waals surface area contributed by atoms with Gasteiger partial charge in [0.1, 0.15) is 11.2 Å². The molecule has 0 aliphatic heterocycles. The van der Waals surface area contributed by atoms with Crippen LogP contribution in [0.3, 0.4) is 0 Å². The quantitative estimate of drug-likeness (QED) is 0.521. The highest BCUT2D eigenvalue weighted by Crippen LogP contribution is 2.16. The van der Waals surface area contributed by atoms with Crippen molar-refractivity contribution in [2.75, 3.05) is 5.32 Å². The van der Waals surface area contributed by atoms with Gasteiger partial charge in [-0.2, -0.15) is 0 Å². The largest absolute Gasteiger partial charge is 0.332 e. The first-order chi connectivity index (χ1) is 14.5. The molecule has 1 amide bonds. The lowest BCUT2D eigenvalue weighted by Crippen LogP contribution is -2.41. The molecule has 0 bridgehead atoms. The number of aromatic nitrogens is 2. The van der Waals surface area contributed by atoms with E-state index in [0.717, 1.165) is 11.1 Å². The number of benzene rings is 2. The van der Waals surface area contributed by atoms with Crippen LogP contribution in [0.1, 0.15) is 11.1 Å². The Morgan fingerprint density at radius 1 is 0.967 bits per heavy atom. The first-order valence-electron chi connectivity index (χ1n) is 9.64. The number of nitrogens with one attached hydrogen (secondary N) is 1. The van der Waals surface area contributed by atoms with E-state index in [1.807, 2.05) is 61.5 Å². The Hall–Kier alpha value is -3.45. The minimum absolute atomic E-state index is 0.161. The number of rotatable bonds is 6. The SMILES string of the molecule is Cc1ccc(NC(=O)Cn2c(=O)n(CCc3ccccc3)c(=O)c3sccc32)cc1. The number of hydrogen-bond acceptors (Lipinski definition) is 4. The summed E-state index contributed by atoms with van der Waals surface area (Å²) in [6.45, 7) is 2.07. The molecule has 1 N–H and O–H groups in total. The monoisotopic (exact) mass is 419 g/mol. The number of carbonyl (C=O) groups excluding carboxylic acids is 1. The number of hydrogen-bond donors (Lipinski definition) is 1. The van der Waals surface area contributed by atoms with E-state index >= 15 is 0 Å². The Labute approximate surface area is 177 Å². The highest BCUT2D eigenvalue weighted by atomic mass is 32.1. The van der Waals surface area contributed by atoms with Crippen molar-refractivity contribution in [1.82, 2.24) is 9.13 Å². The van der Waals surface area contributed by atoms with Gasteiger partial charge in [0.2, 0.25) is 5.91 Å². The zero-order valence-corrected chi connectivity index (χ0v) is 17.3. The zero-order valence-electron chi connectivity index (χ0n) is 16.5. The minimum Gasteiger partial charge on any atom is -0.325 e. The van der Waals surface area contributed by atoms with Crippen LogP contribution in [-0.2, 0) is 24.3 Å². The van der Waals surface area contributed by atoms with Crippen LogP contribution in [0.2, 0.25) is 0 Å². The van der Waals surface area contributed by atoms with Crippen molar-refractivity contribution < 1.29 is 4.79 Å². The average molecular weight is 420 g/mol. The lowest BCUT2D eigenvalue weighted by atomic mass is 10.1. The average Bonchev–Trinajstić information content (AvgIpc) is 3.24. The standard InChI is InChI=1S/C23H21N3O3S/c1-16-7-9-18(10-8-16)24-20(27)15-26-19-12-14-30-21(19)22(28)25(23(26)29)13-11-17-5-3-2-4-6-17/h2-10,12,14H,11,13,15H2,1H3,(H,24,27). The molecule has 6 nitrogen and oxygen atoms in total. The van der Waals surface area contributed by atoms with Crippen molar-refractivity contribution in [3.05, 3.63) is 98.0 Å². The zero-order chi connectivity index (χ0) is 21.1. The van der Waals surface area contributed by atoms with Gasteiger partial charge < -0.3 is 5.32 Å².